The molecule has 1 fully saturated rings. The number of nitrogens with two attached hydrogens (primary N) is 1. The van der Waals surface area contributed by atoms with Crippen LogP contribution in [0.25, 0.3) is 10.8 Å². The molecule has 3 aromatic rings. The second-order valence-electron chi connectivity index (χ2n) is 8.10. The second kappa shape index (κ2) is 8.50. The summed E-state index contributed by atoms with van der Waals surface area (Å²) >= 11 is 0. The lowest BCUT2D eigenvalue weighted by atomic mass is 10.1. The molecular weight excluding hydrogens is 430 g/mol. The molecule has 8 nitrogen and oxygen atoms in total. The number of carbonyl (C=O) groups excluding carboxylic acids is 1. The number of carbonyl (C=O) groups is 1. The first-order valence-corrected chi connectivity index (χ1v) is 11.7. The van der Waals surface area contributed by atoms with E-state index in [1.165, 1.54) is 21.1 Å². The minimum Gasteiger partial charge on any atom is -0.440 e. The average Bonchev–Trinajstić information content (AvgIpc) is 3.20. The number of ether oxygens (including phenoxy) is 1. The van der Waals surface area contributed by atoms with Crippen LogP contribution in [0.5, 0.6) is 0 Å². The van der Waals surface area contributed by atoms with Gasteiger partial charge in [-0.1, -0.05) is 23.8 Å². The van der Waals surface area contributed by atoms with Crippen molar-refractivity contribution in [1.82, 2.24) is 8.87 Å². The molecule has 0 saturated carbocycles. The maximum atomic E-state index is 13.1. The van der Waals surface area contributed by atoms with Crippen molar-refractivity contribution in [2.75, 3.05) is 13.1 Å². The quantitative estimate of drug-likeness (QED) is 0.590. The number of rotatable bonds is 5. The molecule has 0 unspecified atom stereocenters. The molecule has 0 spiro atoms. The van der Waals surface area contributed by atoms with Crippen LogP contribution in [0.3, 0.4) is 0 Å². The molecule has 32 heavy (non-hydrogen) atoms. The normalized spacial score (nSPS) is 17.0. The predicted molar refractivity (Wildman–Crippen MR) is 121 cm³/mol. The Balaban J connectivity index is 1.62. The first kappa shape index (κ1) is 22.2. The third kappa shape index (κ3) is 4.06. The van der Waals surface area contributed by atoms with Crippen molar-refractivity contribution in [2.45, 2.75) is 37.9 Å². The van der Waals surface area contributed by atoms with Gasteiger partial charge in [0, 0.05) is 36.1 Å². The van der Waals surface area contributed by atoms with Crippen LogP contribution in [-0.4, -0.2) is 42.4 Å². The number of hydrogen-bond acceptors (Lipinski definition) is 6. The van der Waals surface area contributed by atoms with Gasteiger partial charge in [0.15, 0.2) is 6.73 Å². The summed E-state index contributed by atoms with van der Waals surface area (Å²) in [7, 11) is -3.78. The van der Waals surface area contributed by atoms with Gasteiger partial charge in [-0.3, -0.25) is 9.36 Å². The van der Waals surface area contributed by atoms with Crippen molar-refractivity contribution in [3.63, 3.8) is 0 Å². The van der Waals surface area contributed by atoms with Crippen LogP contribution in [0.4, 0.5) is 0 Å². The zero-order chi connectivity index (χ0) is 23.0. The van der Waals surface area contributed by atoms with Crippen molar-refractivity contribution in [3.05, 3.63) is 75.7 Å². The van der Waals surface area contributed by atoms with E-state index >= 15 is 0 Å². The van der Waals surface area contributed by atoms with Crippen LogP contribution in [0.1, 0.15) is 27.9 Å². The Morgan fingerprint density at radius 2 is 1.94 bits per heavy atom. The number of hydrogen-bond donors (Lipinski definition) is 1. The largest absolute Gasteiger partial charge is 0.440 e. The van der Waals surface area contributed by atoms with Crippen molar-refractivity contribution in [2.24, 2.45) is 5.73 Å². The molecule has 1 aromatic heterocycles. The number of esters is 1. The minimum absolute atomic E-state index is 0.0700. The Morgan fingerprint density at radius 3 is 2.62 bits per heavy atom. The van der Waals surface area contributed by atoms with Crippen molar-refractivity contribution in [3.8, 4) is 0 Å². The first-order chi connectivity index (χ1) is 15.2. The maximum absolute atomic E-state index is 13.1. The van der Waals surface area contributed by atoms with Crippen molar-refractivity contribution in [1.29, 1.82) is 0 Å². The van der Waals surface area contributed by atoms with E-state index in [1.54, 1.807) is 24.3 Å². The lowest BCUT2D eigenvalue weighted by Crippen LogP contribution is -2.32. The number of nitrogens with zero attached hydrogens (tertiary/aromatic N) is 2. The van der Waals surface area contributed by atoms with Crippen LogP contribution in [0.2, 0.25) is 0 Å². The Labute approximate surface area is 186 Å². The molecule has 2 aromatic carbocycles. The SMILES string of the molecule is Cc1ccc(C(=O)OCn2ccc3c(S(=O)(=O)N4CC[C@H](N)C4)cccc3c2=O)c(C)c1. The predicted octanol–water partition coefficient (Wildman–Crippen LogP) is 2.15. The molecule has 2 heterocycles. The molecule has 4 rings (SSSR count). The van der Waals surface area contributed by atoms with Crippen LogP contribution < -0.4 is 11.3 Å². The highest BCUT2D eigenvalue weighted by Crippen LogP contribution is 2.26. The third-order valence-corrected chi connectivity index (χ3v) is 7.64. The number of fused-ring (bicyclic) bond motifs is 1. The van der Waals surface area contributed by atoms with Gasteiger partial charge in [0.2, 0.25) is 10.0 Å². The van der Waals surface area contributed by atoms with Gasteiger partial charge in [-0.15, -0.1) is 0 Å². The molecule has 1 atom stereocenters. The van der Waals surface area contributed by atoms with Crippen molar-refractivity contribution >= 4 is 26.8 Å². The Morgan fingerprint density at radius 1 is 1.16 bits per heavy atom. The average molecular weight is 456 g/mol. The monoisotopic (exact) mass is 455 g/mol. The van der Waals surface area contributed by atoms with Gasteiger partial charge in [0.05, 0.1) is 10.5 Å². The molecule has 9 heteroatoms. The standard InChI is InChI=1S/C23H25N3O5S/c1-15-6-7-18(16(2)12-15)23(28)31-14-25-10-9-19-20(22(25)27)4-3-5-21(19)32(29,30)26-11-8-17(24)13-26/h3-7,9-10,12,17H,8,11,13-14,24H2,1-2H3/t17-/m0/s1. The minimum atomic E-state index is -3.78. The van der Waals surface area contributed by atoms with Gasteiger partial charge in [-0.2, -0.15) is 4.31 Å². The van der Waals surface area contributed by atoms with E-state index in [4.69, 9.17) is 10.5 Å². The topological polar surface area (TPSA) is 112 Å². The number of aryl methyl sites for hydroxylation is 2. The van der Waals surface area contributed by atoms with Crippen molar-refractivity contribution < 1.29 is 17.9 Å². The molecule has 0 amide bonds. The molecule has 1 aliphatic heterocycles. The fourth-order valence-electron chi connectivity index (χ4n) is 3.98. The summed E-state index contributed by atoms with van der Waals surface area (Å²) in [5, 5.41) is 0.564. The zero-order valence-corrected chi connectivity index (χ0v) is 18.8. The van der Waals surface area contributed by atoms with E-state index in [1.807, 2.05) is 26.0 Å². The molecule has 168 valence electrons. The highest BCUT2D eigenvalue weighted by atomic mass is 32.2. The fourth-order valence-corrected chi connectivity index (χ4v) is 5.69. The molecule has 0 aliphatic carbocycles. The second-order valence-corrected chi connectivity index (χ2v) is 10.0. The highest BCUT2D eigenvalue weighted by Gasteiger charge is 2.32. The summed E-state index contributed by atoms with van der Waals surface area (Å²) in [6, 6.07) is 11.4. The van der Waals surface area contributed by atoms with E-state index < -0.39 is 21.6 Å². The van der Waals surface area contributed by atoms with E-state index in [-0.39, 0.29) is 29.6 Å². The van der Waals surface area contributed by atoms with Gasteiger partial charge in [-0.05, 0) is 50.1 Å². The lowest BCUT2D eigenvalue weighted by Gasteiger charge is -2.17. The number of sulfonamides is 1. The summed E-state index contributed by atoms with van der Waals surface area (Å²) < 4.78 is 34.2. The first-order valence-electron chi connectivity index (χ1n) is 10.3. The molecule has 1 aliphatic rings. The van der Waals surface area contributed by atoms with Crippen LogP contribution in [-0.2, 0) is 21.5 Å². The maximum Gasteiger partial charge on any atom is 0.340 e. The third-order valence-electron chi connectivity index (χ3n) is 5.72. The summed E-state index contributed by atoms with van der Waals surface area (Å²) in [5.41, 5.74) is 7.69. The molecule has 0 bridgehead atoms. The smallest absolute Gasteiger partial charge is 0.340 e. The number of benzene rings is 2. The van der Waals surface area contributed by atoms with E-state index in [0.29, 0.717) is 23.9 Å². The lowest BCUT2D eigenvalue weighted by molar-refractivity contribution is 0.0366. The zero-order valence-electron chi connectivity index (χ0n) is 17.9. The Bertz CT molecular complexity index is 1360. The van der Waals surface area contributed by atoms with E-state index in [0.717, 1.165) is 11.1 Å². The fraction of sp³-hybridized carbons (Fsp3) is 0.304. The van der Waals surface area contributed by atoms with E-state index in [2.05, 4.69) is 0 Å². The summed E-state index contributed by atoms with van der Waals surface area (Å²) in [6.45, 7) is 4.08. The Hall–Kier alpha value is -3.01. The summed E-state index contributed by atoms with van der Waals surface area (Å²) in [4.78, 5) is 25.5. The molecular formula is C23H25N3O5S. The summed E-state index contributed by atoms with van der Waals surface area (Å²) in [5.74, 6) is -0.531. The van der Waals surface area contributed by atoms with Gasteiger partial charge in [0.25, 0.3) is 5.56 Å². The van der Waals surface area contributed by atoms with E-state index in [9.17, 15) is 18.0 Å². The summed E-state index contributed by atoms with van der Waals surface area (Å²) in [6.07, 6.45) is 2.04. The van der Waals surface area contributed by atoms with Gasteiger partial charge in [0.1, 0.15) is 0 Å². The van der Waals surface area contributed by atoms with Crippen LogP contribution >= 0.6 is 0 Å². The Kier molecular flexibility index (Phi) is 5.89. The molecule has 2 N–H and O–H groups in total. The van der Waals surface area contributed by atoms with Gasteiger partial charge >= 0.3 is 5.97 Å². The van der Waals surface area contributed by atoms with Gasteiger partial charge in [-0.25, -0.2) is 13.2 Å². The van der Waals surface area contributed by atoms with Gasteiger partial charge < -0.3 is 10.5 Å². The number of aromatic nitrogens is 1. The van der Waals surface area contributed by atoms with Crippen LogP contribution in [0, 0.1) is 13.8 Å². The number of pyridine rings is 1. The van der Waals surface area contributed by atoms with Crippen LogP contribution in [0.15, 0.2) is 58.4 Å². The highest BCUT2D eigenvalue weighted by molar-refractivity contribution is 7.89. The molecule has 0 radical (unpaired) electrons. The molecule has 1 saturated heterocycles.